The first-order valence-corrected chi connectivity index (χ1v) is 7.17. The number of benzene rings is 2. The second kappa shape index (κ2) is 4.53. The second-order valence-electron chi connectivity index (χ2n) is 3.80. The summed E-state index contributed by atoms with van der Waals surface area (Å²) >= 11 is 11.1. The first-order chi connectivity index (χ1) is 8.63. The molecule has 0 amide bonds. The van der Waals surface area contributed by atoms with E-state index in [0.29, 0.717) is 5.02 Å². The number of fused-ring (bicyclic) bond motifs is 1. The molecule has 0 bridgehead atoms. The maximum absolute atomic E-state index is 9.53. The van der Waals surface area contributed by atoms with Crippen molar-refractivity contribution in [1.82, 2.24) is 4.98 Å². The molecule has 0 aliphatic heterocycles. The molecule has 3 rings (SSSR count). The summed E-state index contributed by atoms with van der Waals surface area (Å²) in [6.07, 6.45) is 0. The summed E-state index contributed by atoms with van der Waals surface area (Å²) in [7, 11) is 0. The molecule has 5 heteroatoms. The quantitative estimate of drug-likeness (QED) is 0.669. The number of phenols is 1. The summed E-state index contributed by atoms with van der Waals surface area (Å²) in [6, 6.07) is 10.8. The van der Waals surface area contributed by atoms with Crippen LogP contribution in [-0.4, -0.2) is 10.1 Å². The Bertz CT molecular complexity index is 741. The minimum Gasteiger partial charge on any atom is -0.508 e. The highest BCUT2D eigenvalue weighted by Gasteiger charge is 2.10. The van der Waals surface area contributed by atoms with Crippen LogP contribution in [0.25, 0.3) is 20.8 Å². The molecule has 90 valence electrons. The fourth-order valence-electron chi connectivity index (χ4n) is 1.69. The number of aromatic nitrogens is 1. The molecule has 0 aliphatic carbocycles. The van der Waals surface area contributed by atoms with E-state index in [1.54, 1.807) is 29.5 Å². The van der Waals surface area contributed by atoms with Crippen molar-refractivity contribution < 1.29 is 5.11 Å². The van der Waals surface area contributed by atoms with E-state index in [-0.39, 0.29) is 5.75 Å². The first kappa shape index (κ1) is 12.0. The molecule has 0 unspecified atom stereocenters. The normalized spacial score (nSPS) is 11.0. The number of aromatic hydroxyl groups is 1. The molecule has 0 saturated heterocycles. The monoisotopic (exact) mass is 339 g/mol. The average Bonchev–Trinajstić information content (AvgIpc) is 2.74. The topological polar surface area (TPSA) is 33.1 Å². The van der Waals surface area contributed by atoms with Crippen molar-refractivity contribution in [2.24, 2.45) is 0 Å². The minimum atomic E-state index is 0.190. The molecule has 0 fully saturated rings. The van der Waals surface area contributed by atoms with Gasteiger partial charge in [-0.2, -0.15) is 0 Å². The van der Waals surface area contributed by atoms with Crippen molar-refractivity contribution in [3.05, 3.63) is 45.9 Å². The Labute approximate surface area is 121 Å². The molecule has 0 aliphatic rings. The van der Waals surface area contributed by atoms with E-state index in [1.807, 2.05) is 18.2 Å². The fraction of sp³-hybridized carbons (Fsp3) is 0. The zero-order valence-corrected chi connectivity index (χ0v) is 12.2. The lowest BCUT2D eigenvalue weighted by atomic mass is 10.2. The van der Waals surface area contributed by atoms with Gasteiger partial charge in [0.2, 0.25) is 0 Å². The van der Waals surface area contributed by atoms with Gasteiger partial charge >= 0.3 is 0 Å². The highest BCUT2D eigenvalue weighted by atomic mass is 79.9. The van der Waals surface area contributed by atoms with Gasteiger partial charge in [-0.1, -0.05) is 27.5 Å². The van der Waals surface area contributed by atoms with Gasteiger partial charge in [0, 0.05) is 10.0 Å². The molecule has 2 aromatic carbocycles. The van der Waals surface area contributed by atoms with Crippen molar-refractivity contribution in [2.75, 3.05) is 0 Å². The standard InChI is InChI=1S/C13H7BrClNOS/c14-7-1-4-11-12(5-7)18-13(16-11)9-6-8(17)2-3-10(9)15/h1-6,17H. The van der Waals surface area contributed by atoms with Gasteiger partial charge < -0.3 is 5.11 Å². The molecule has 1 heterocycles. The molecule has 18 heavy (non-hydrogen) atoms. The molecule has 0 atom stereocenters. The van der Waals surface area contributed by atoms with Gasteiger partial charge in [0.25, 0.3) is 0 Å². The van der Waals surface area contributed by atoms with Crippen LogP contribution < -0.4 is 0 Å². The van der Waals surface area contributed by atoms with Gasteiger partial charge in [0.1, 0.15) is 10.8 Å². The largest absolute Gasteiger partial charge is 0.508 e. The second-order valence-corrected chi connectivity index (χ2v) is 6.15. The SMILES string of the molecule is Oc1ccc(Cl)c(-c2nc3ccc(Br)cc3s2)c1. The van der Waals surface area contributed by atoms with Gasteiger partial charge in [-0.25, -0.2) is 4.98 Å². The van der Waals surface area contributed by atoms with Crippen LogP contribution >= 0.6 is 38.9 Å². The first-order valence-electron chi connectivity index (χ1n) is 5.18. The molecular formula is C13H7BrClNOS. The molecule has 1 N–H and O–H groups in total. The number of hydrogen-bond donors (Lipinski definition) is 1. The van der Waals surface area contributed by atoms with E-state index in [0.717, 1.165) is 25.3 Å². The third-order valence-electron chi connectivity index (χ3n) is 2.53. The summed E-state index contributed by atoms with van der Waals surface area (Å²) in [5.74, 6) is 0.190. The third kappa shape index (κ3) is 2.11. The Balaban J connectivity index is 2.22. The predicted octanol–water partition coefficient (Wildman–Crippen LogP) is 5.08. The summed E-state index contributed by atoms with van der Waals surface area (Å²) in [6.45, 7) is 0. The van der Waals surface area contributed by atoms with Crippen LogP contribution in [0.4, 0.5) is 0 Å². The van der Waals surface area contributed by atoms with Gasteiger partial charge in [-0.15, -0.1) is 11.3 Å². The Hall–Kier alpha value is -1.10. The Morgan fingerprint density at radius 1 is 1.17 bits per heavy atom. The van der Waals surface area contributed by atoms with E-state index in [2.05, 4.69) is 20.9 Å². The lowest BCUT2D eigenvalue weighted by Gasteiger charge is -2.00. The number of nitrogens with zero attached hydrogens (tertiary/aromatic N) is 1. The van der Waals surface area contributed by atoms with Crippen LogP contribution in [0.2, 0.25) is 5.02 Å². The minimum absolute atomic E-state index is 0.190. The van der Waals surface area contributed by atoms with Crippen molar-refractivity contribution in [2.45, 2.75) is 0 Å². The number of hydrogen-bond acceptors (Lipinski definition) is 3. The Morgan fingerprint density at radius 2 is 2.00 bits per heavy atom. The van der Waals surface area contributed by atoms with Crippen LogP contribution in [0, 0.1) is 0 Å². The molecule has 2 nitrogen and oxygen atoms in total. The van der Waals surface area contributed by atoms with Crippen LogP contribution in [0.15, 0.2) is 40.9 Å². The number of thiazole rings is 1. The lowest BCUT2D eigenvalue weighted by Crippen LogP contribution is -1.78. The Kier molecular flexibility index (Phi) is 3.01. The highest BCUT2D eigenvalue weighted by molar-refractivity contribution is 9.10. The zero-order valence-electron chi connectivity index (χ0n) is 9.02. The smallest absolute Gasteiger partial charge is 0.126 e. The number of phenolic OH excluding ortho intramolecular Hbond substituents is 1. The van der Waals surface area contributed by atoms with Crippen molar-refractivity contribution >= 4 is 49.1 Å². The maximum atomic E-state index is 9.53. The number of rotatable bonds is 1. The van der Waals surface area contributed by atoms with Crippen LogP contribution in [0.3, 0.4) is 0 Å². The Morgan fingerprint density at radius 3 is 2.83 bits per heavy atom. The molecule has 1 aromatic heterocycles. The van der Waals surface area contributed by atoms with E-state index < -0.39 is 0 Å². The van der Waals surface area contributed by atoms with E-state index in [4.69, 9.17) is 11.6 Å². The van der Waals surface area contributed by atoms with Crippen molar-refractivity contribution in [1.29, 1.82) is 0 Å². The summed E-state index contributed by atoms with van der Waals surface area (Å²) < 4.78 is 2.10. The summed E-state index contributed by atoms with van der Waals surface area (Å²) in [5.41, 5.74) is 1.69. The maximum Gasteiger partial charge on any atom is 0.126 e. The fourth-order valence-corrected chi connectivity index (χ4v) is 3.50. The van der Waals surface area contributed by atoms with E-state index in [9.17, 15) is 5.11 Å². The third-order valence-corrected chi connectivity index (χ3v) is 4.41. The average molecular weight is 341 g/mol. The number of halogens is 2. The van der Waals surface area contributed by atoms with Crippen LogP contribution in [0.1, 0.15) is 0 Å². The van der Waals surface area contributed by atoms with Gasteiger partial charge in [0.15, 0.2) is 0 Å². The molecule has 0 saturated carbocycles. The lowest BCUT2D eigenvalue weighted by molar-refractivity contribution is 0.475. The molecule has 3 aromatic rings. The van der Waals surface area contributed by atoms with E-state index >= 15 is 0 Å². The zero-order chi connectivity index (χ0) is 12.7. The molecular weight excluding hydrogens is 334 g/mol. The van der Waals surface area contributed by atoms with Crippen LogP contribution in [0.5, 0.6) is 5.75 Å². The summed E-state index contributed by atoms with van der Waals surface area (Å²) in [4.78, 5) is 4.53. The van der Waals surface area contributed by atoms with E-state index in [1.165, 1.54) is 0 Å². The van der Waals surface area contributed by atoms with Gasteiger partial charge in [-0.3, -0.25) is 0 Å². The van der Waals surface area contributed by atoms with Gasteiger partial charge in [0.05, 0.1) is 15.2 Å². The van der Waals surface area contributed by atoms with Gasteiger partial charge in [-0.05, 0) is 36.4 Å². The summed E-state index contributed by atoms with van der Waals surface area (Å²) in [5, 5.41) is 10.9. The van der Waals surface area contributed by atoms with Crippen molar-refractivity contribution in [3.63, 3.8) is 0 Å². The molecule has 0 radical (unpaired) electrons. The van der Waals surface area contributed by atoms with Crippen LogP contribution in [-0.2, 0) is 0 Å². The molecule has 0 spiro atoms. The highest BCUT2D eigenvalue weighted by Crippen LogP contribution is 2.36. The predicted molar refractivity (Wildman–Crippen MR) is 79.4 cm³/mol. The van der Waals surface area contributed by atoms with Crippen molar-refractivity contribution in [3.8, 4) is 16.3 Å².